The highest BCUT2D eigenvalue weighted by Gasteiger charge is 2.45. The van der Waals surface area contributed by atoms with Gasteiger partial charge in [0.2, 0.25) is 5.91 Å². The highest BCUT2D eigenvalue weighted by molar-refractivity contribution is 6.36. The Morgan fingerprint density at radius 2 is 1.71 bits per heavy atom. The monoisotopic (exact) mass is 457 g/mol. The number of amides is 1. The van der Waals surface area contributed by atoms with Gasteiger partial charge in [0.05, 0.1) is 12.3 Å². The first-order valence-corrected chi connectivity index (χ1v) is 11.2. The van der Waals surface area contributed by atoms with Gasteiger partial charge in [0.25, 0.3) is 0 Å². The summed E-state index contributed by atoms with van der Waals surface area (Å²) in [6.07, 6.45) is 1.13. The van der Waals surface area contributed by atoms with Crippen LogP contribution in [0.1, 0.15) is 51.5 Å². The van der Waals surface area contributed by atoms with Crippen LogP contribution in [0.2, 0.25) is 10.0 Å². The molecular formula is C25H25Cl2NO3. The normalized spacial score (nSPS) is 20.7. The van der Waals surface area contributed by atoms with E-state index in [2.05, 4.69) is 13.8 Å². The number of carbonyl (C=O) groups is 2. The average molecular weight is 458 g/mol. The first-order valence-electron chi connectivity index (χ1n) is 10.5. The molecular weight excluding hydrogens is 433 g/mol. The molecule has 31 heavy (non-hydrogen) atoms. The van der Waals surface area contributed by atoms with Crippen molar-refractivity contribution in [1.82, 2.24) is 0 Å². The quantitative estimate of drug-likeness (QED) is 0.522. The predicted molar refractivity (Wildman–Crippen MR) is 124 cm³/mol. The second-order valence-corrected chi connectivity index (χ2v) is 9.64. The fourth-order valence-electron chi connectivity index (χ4n) is 4.70. The van der Waals surface area contributed by atoms with Gasteiger partial charge in [0.1, 0.15) is 5.75 Å². The van der Waals surface area contributed by atoms with Gasteiger partial charge >= 0.3 is 0 Å². The summed E-state index contributed by atoms with van der Waals surface area (Å²) < 4.78 is 5.80. The third kappa shape index (κ3) is 3.99. The lowest BCUT2D eigenvalue weighted by Crippen LogP contribution is -2.44. The van der Waals surface area contributed by atoms with E-state index in [1.54, 1.807) is 23.1 Å². The fourth-order valence-corrected chi connectivity index (χ4v) is 5.37. The Labute approximate surface area is 192 Å². The molecule has 2 aliphatic rings. The zero-order valence-electron chi connectivity index (χ0n) is 17.9. The van der Waals surface area contributed by atoms with E-state index in [9.17, 15) is 9.59 Å². The number of para-hydroxylation sites is 2. The minimum absolute atomic E-state index is 0.0404. The number of rotatable bonds is 4. The number of nitrogens with zero attached hydrogens (tertiary/aromatic N) is 1. The number of carbonyl (C=O) groups excluding carboxylic acids is 2. The topological polar surface area (TPSA) is 46.6 Å². The third-order valence-electron chi connectivity index (χ3n) is 5.90. The SMILES string of the molecule is CCOc1ccccc1N1C(=O)CC(c2c(Cl)cccc2Cl)C2=C1CC(C)(C)CC2=O. The zero-order valence-corrected chi connectivity index (χ0v) is 19.4. The summed E-state index contributed by atoms with van der Waals surface area (Å²) in [5.41, 5.74) is 2.42. The first-order chi connectivity index (χ1) is 14.7. The van der Waals surface area contributed by atoms with Crippen molar-refractivity contribution in [3.05, 3.63) is 69.3 Å². The van der Waals surface area contributed by atoms with Crippen molar-refractivity contribution in [1.29, 1.82) is 0 Å². The summed E-state index contributed by atoms with van der Waals surface area (Å²) >= 11 is 13.0. The van der Waals surface area contributed by atoms with E-state index in [1.807, 2.05) is 31.2 Å². The Morgan fingerprint density at radius 1 is 1.03 bits per heavy atom. The largest absolute Gasteiger partial charge is 0.492 e. The number of hydrogen-bond donors (Lipinski definition) is 0. The summed E-state index contributed by atoms with van der Waals surface area (Å²) in [4.78, 5) is 28.7. The highest BCUT2D eigenvalue weighted by atomic mass is 35.5. The van der Waals surface area contributed by atoms with Crippen LogP contribution in [-0.2, 0) is 9.59 Å². The van der Waals surface area contributed by atoms with E-state index in [-0.39, 0.29) is 23.5 Å². The maximum atomic E-state index is 13.6. The van der Waals surface area contributed by atoms with Crippen molar-refractivity contribution in [3.63, 3.8) is 0 Å². The van der Waals surface area contributed by atoms with Crippen LogP contribution < -0.4 is 9.64 Å². The number of hydrogen-bond acceptors (Lipinski definition) is 3. The van der Waals surface area contributed by atoms with Crippen molar-refractivity contribution in [2.45, 2.75) is 46.0 Å². The molecule has 0 aromatic heterocycles. The molecule has 0 bridgehead atoms. The molecule has 0 saturated carbocycles. The molecule has 2 aromatic rings. The molecule has 0 N–H and O–H groups in total. The van der Waals surface area contributed by atoms with Crippen LogP contribution in [0.15, 0.2) is 53.7 Å². The first kappa shape index (κ1) is 21.9. The van der Waals surface area contributed by atoms with Gasteiger partial charge in [-0.05, 0) is 48.6 Å². The number of ether oxygens (including phenoxy) is 1. The van der Waals surface area contributed by atoms with E-state index in [0.717, 1.165) is 5.70 Å². The van der Waals surface area contributed by atoms with Crippen LogP contribution in [-0.4, -0.2) is 18.3 Å². The van der Waals surface area contributed by atoms with Gasteiger partial charge in [-0.3, -0.25) is 14.5 Å². The zero-order chi connectivity index (χ0) is 22.3. The smallest absolute Gasteiger partial charge is 0.232 e. The Hall–Kier alpha value is -2.30. The van der Waals surface area contributed by atoms with E-state index in [4.69, 9.17) is 27.9 Å². The van der Waals surface area contributed by atoms with Crippen LogP contribution >= 0.6 is 23.2 Å². The molecule has 162 valence electrons. The van der Waals surface area contributed by atoms with Gasteiger partial charge in [-0.1, -0.05) is 55.2 Å². The molecule has 0 radical (unpaired) electrons. The molecule has 0 saturated heterocycles. The van der Waals surface area contributed by atoms with Gasteiger partial charge in [-0.15, -0.1) is 0 Å². The lowest BCUT2D eigenvalue weighted by Gasteiger charge is -2.43. The molecule has 1 heterocycles. The van der Waals surface area contributed by atoms with Gasteiger partial charge < -0.3 is 4.74 Å². The molecule has 2 aromatic carbocycles. The van der Waals surface area contributed by atoms with Crippen molar-refractivity contribution < 1.29 is 14.3 Å². The Bertz CT molecular complexity index is 1070. The lowest BCUT2D eigenvalue weighted by molar-refractivity contribution is -0.121. The summed E-state index contributed by atoms with van der Waals surface area (Å²) in [6, 6.07) is 12.7. The van der Waals surface area contributed by atoms with Crippen LogP contribution in [0.5, 0.6) is 5.75 Å². The van der Waals surface area contributed by atoms with Gasteiger partial charge in [-0.25, -0.2) is 0 Å². The fraction of sp³-hybridized carbons (Fsp3) is 0.360. The van der Waals surface area contributed by atoms with E-state index >= 15 is 0 Å². The number of halogens is 2. The molecule has 4 rings (SSSR count). The maximum Gasteiger partial charge on any atom is 0.232 e. The Kier molecular flexibility index (Phi) is 5.89. The van der Waals surface area contributed by atoms with E-state index < -0.39 is 5.92 Å². The minimum Gasteiger partial charge on any atom is -0.492 e. The molecule has 1 amide bonds. The van der Waals surface area contributed by atoms with Crippen LogP contribution in [0.4, 0.5) is 5.69 Å². The number of ketones is 1. The van der Waals surface area contributed by atoms with Crippen molar-refractivity contribution >= 4 is 40.6 Å². The molecule has 6 heteroatoms. The summed E-state index contributed by atoms with van der Waals surface area (Å²) in [5, 5.41) is 0.941. The number of benzene rings is 2. The van der Waals surface area contributed by atoms with Crippen LogP contribution in [0.25, 0.3) is 0 Å². The predicted octanol–water partition coefficient (Wildman–Crippen LogP) is 6.56. The maximum absolute atomic E-state index is 13.6. The van der Waals surface area contributed by atoms with E-state index in [1.165, 1.54) is 0 Å². The van der Waals surface area contributed by atoms with E-state index in [0.29, 0.717) is 52.1 Å². The lowest BCUT2D eigenvalue weighted by atomic mass is 9.69. The number of anilines is 1. The standard InChI is InChI=1S/C25H25Cl2NO3/c1-4-31-21-11-6-5-10-18(21)28-19-13-25(2,3)14-20(29)24(19)15(12-22(28)30)23-16(26)8-7-9-17(23)27/h5-11,15H,4,12-14H2,1-3H3. The summed E-state index contributed by atoms with van der Waals surface area (Å²) in [6.45, 7) is 6.49. The molecule has 0 spiro atoms. The van der Waals surface area contributed by atoms with Crippen molar-refractivity contribution in [2.75, 3.05) is 11.5 Å². The molecule has 1 aliphatic carbocycles. The molecule has 1 unspecified atom stereocenters. The van der Waals surface area contributed by atoms with Gasteiger partial charge in [-0.2, -0.15) is 0 Å². The number of Topliss-reactive ketones (excluding diaryl/α,β-unsaturated/α-hetero) is 1. The minimum atomic E-state index is -0.456. The second-order valence-electron chi connectivity index (χ2n) is 8.82. The van der Waals surface area contributed by atoms with Crippen LogP contribution in [0.3, 0.4) is 0 Å². The highest BCUT2D eigenvalue weighted by Crippen LogP contribution is 2.51. The van der Waals surface area contributed by atoms with Gasteiger partial charge in [0, 0.05) is 40.1 Å². The molecule has 4 nitrogen and oxygen atoms in total. The number of allylic oxidation sites excluding steroid dienone is 2. The van der Waals surface area contributed by atoms with Crippen molar-refractivity contribution in [3.8, 4) is 5.75 Å². The molecule has 1 atom stereocenters. The Morgan fingerprint density at radius 3 is 2.39 bits per heavy atom. The Balaban J connectivity index is 1.95. The summed E-state index contributed by atoms with van der Waals surface area (Å²) in [5.74, 6) is 0.106. The summed E-state index contributed by atoms with van der Waals surface area (Å²) in [7, 11) is 0. The molecule has 1 aliphatic heterocycles. The van der Waals surface area contributed by atoms with Crippen molar-refractivity contribution in [2.24, 2.45) is 5.41 Å². The average Bonchev–Trinajstić information content (AvgIpc) is 2.67. The second kappa shape index (κ2) is 8.33. The molecule has 0 fully saturated rings. The van der Waals surface area contributed by atoms with Crippen LogP contribution in [0, 0.1) is 5.41 Å². The van der Waals surface area contributed by atoms with Gasteiger partial charge in [0.15, 0.2) is 5.78 Å². The third-order valence-corrected chi connectivity index (χ3v) is 6.56.